The van der Waals surface area contributed by atoms with E-state index in [0.717, 1.165) is 48.3 Å². The number of piperidine rings is 1. The van der Waals surface area contributed by atoms with Crippen molar-refractivity contribution in [3.05, 3.63) is 100 Å². The van der Waals surface area contributed by atoms with Gasteiger partial charge in [0.15, 0.2) is 0 Å². The second kappa shape index (κ2) is 9.34. The minimum absolute atomic E-state index is 0.0449. The smallest absolute Gasteiger partial charge is 0.259 e. The van der Waals surface area contributed by atoms with Gasteiger partial charge in [-0.05, 0) is 66.3 Å². The molecule has 1 aromatic heterocycles. The van der Waals surface area contributed by atoms with Gasteiger partial charge in [-0.25, -0.2) is 4.98 Å². The zero-order valence-electron chi connectivity index (χ0n) is 19.2. The molecule has 0 aliphatic carbocycles. The van der Waals surface area contributed by atoms with Crippen LogP contribution in [0.15, 0.2) is 72.9 Å². The Morgan fingerprint density at radius 2 is 1.68 bits per heavy atom. The van der Waals surface area contributed by atoms with Crippen molar-refractivity contribution in [1.82, 2.24) is 9.88 Å². The lowest BCUT2D eigenvalue weighted by Crippen LogP contribution is -2.42. The molecule has 0 spiro atoms. The minimum Gasteiger partial charge on any atom is -0.385 e. The normalized spacial score (nSPS) is 19.0. The van der Waals surface area contributed by atoms with Crippen LogP contribution in [0.2, 0.25) is 5.02 Å². The van der Waals surface area contributed by atoms with Crippen molar-refractivity contribution in [1.29, 1.82) is 0 Å². The largest absolute Gasteiger partial charge is 0.385 e. The second-order valence-corrected chi connectivity index (χ2v) is 9.51. The minimum atomic E-state index is -0.796. The van der Waals surface area contributed by atoms with Crippen molar-refractivity contribution >= 4 is 28.9 Å². The molecule has 0 atom stereocenters. The van der Waals surface area contributed by atoms with E-state index < -0.39 is 5.60 Å². The molecule has 174 valence electrons. The molecular formula is C28H28ClN3O2. The number of pyridine rings is 1. The maximum absolute atomic E-state index is 13.1. The van der Waals surface area contributed by atoms with Crippen LogP contribution in [0.4, 0.5) is 5.82 Å². The van der Waals surface area contributed by atoms with E-state index in [1.807, 2.05) is 60.7 Å². The van der Waals surface area contributed by atoms with E-state index in [2.05, 4.69) is 16.0 Å². The van der Waals surface area contributed by atoms with Crippen LogP contribution in [0.1, 0.15) is 46.3 Å². The number of aromatic nitrogens is 1. The first-order valence-electron chi connectivity index (χ1n) is 11.7. The summed E-state index contributed by atoms with van der Waals surface area (Å²) in [6, 6.07) is 19.3. The van der Waals surface area contributed by atoms with Crippen LogP contribution in [0.3, 0.4) is 0 Å². The number of likely N-dealkylation sites (tertiary alicyclic amines) is 1. The van der Waals surface area contributed by atoms with Crippen molar-refractivity contribution in [3.8, 4) is 0 Å². The molecule has 5 nitrogen and oxygen atoms in total. The van der Waals surface area contributed by atoms with Crippen LogP contribution in [0.25, 0.3) is 5.57 Å². The first-order chi connectivity index (χ1) is 16.5. The maximum Gasteiger partial charge on any atom is 0.259 e. The molecule has 1 amide bonds. The second-order valence-electron chi connectivity index (χ2n) is 9.07. The van der Waals surface area contributed by atoms with E-state index in [4.69, 9.17) is 11.6 Å². The molecule has 1 N–H and O–H groups in total. The summed E-state index contributed by atoms with van der Waals surface area (Å²) in [5.41, 5.74) is 3.80. The standard InChI is InChI=1S/C28H28ClN3O2/c1-31-26-24(8-4-16-30-26)22(23-6-2-3-7-25(23)27(31)33)9-5-17-32-18-14-28(34,15-19-32)20-10-12-21(29)13-11-20/h2-4,6-13,16,34H,5,14-15,17-19H2,1H3. The Balaban J connectivity index is 1.33. The van der Waals surface area contributed by atoms with Gasteiger partial charge in [-0.3, -0.25) is 9.69 Å². The van der Waals surface area contributed by atoms with Crippen LogP contribution in [0.5, 0.6) is 0 Å². The summed E-state index contributed by atoms with van der Waals surface area (Å²) < 4.78 is 0. The van der Waals surface area contributed by atoms with E-state index in [1.54, 1.807) is 18.1 Å². The van der Waals surface area contributed by atoms with Gasteiger partial charge < -0.3 is 10.0 Å². The van der Waals surface area contributed by atoms with Crippen LogP contribution < -0.4 is 4.90 Å². The molecule has 0 radical (unpaired) electrons. The number of carbonyl (C=O) groups is 1. The van der Waals surface area contributed by atoms with Crippen molar-refractivity contribution in [2.45, 2.75) is 24.9 Å². The van der Waals surface area contributed by atoms with Crippen molar-refractivity contribution < 1.29 is 9.90 Å². The molecule has 3 aromatic rings. The molecule has 34 heavy (non-hydrogen) atoms. The summed E-state index contributed by atoms with van der Waals surface area (Å²) in [7, 11) is 1.78. The number of benzene rings is 2. The molecule has 6 heteroatoms. The molecule has 2 aliphatic rings. The van der Waals surface area contributed by atoms with Crippen LogP contribution in [0, 0.1) is 0 Å². The molecule has 2 aromatic carbocycles. The van der Waals surface area contributed by atoms with Gasteiger partial charge in [0.2, 0.25) is 0 Å². The van der Waals surface area contributed by atoms with Crippen molar-refractivity contribution in [3.63, 3.8) is 0 Å². The Morgan fingerprint density at radius 3 is 2.41 bits per heavy atom. The molecule has 0 saturated carbocycles. The van der Waals surface area contributed by atoms with Crippen molar-refractivity contribution in [2.75, 3.05) is 31.6 Å². The lowest BCUT2D eigenvalue weighted by Gasteiger charge is -2.38. The van der Waals surface area contributed by atoms with Gasteiger partial charge in [0.05, 0.1) is 5.60 Å². The van der Waals surface area contributed by atoms with Gasteiger partial charge in [0.1, 0.15) is 5.82 Å². The highest BCUT2D eigenvalue weighted by Crippen LogP contribution is 2.37. The molecule has 5 rings (SSSR count). The predicted molar refractivity (Wildman–Crippen MR) is 136 cm³/mol. The Labute approximate surface area is 205 Å². The van der Waals surface area contributed by atoms with Gasteiger partial charge in [-0.1, -0.05) is 48.0 Å². The lowest BCUT2D eigenvalue weighted by molar-refractivity contribution is -0.0254. The fraction of sp³-hybridized carbons (Fsp3) is 0.286. The van der Waals surface area contributed by atoms with Crippen LogP contribution in [-0.4, -0.2) is 47.6 Å². The third kappa shape index (κ3) is 4.27. The number of halogens is 1. The summed E-state index contributed by atoms with van der Waals surface area (Å²) in [4.78, 5) is 21.6. The van der Waals surface area contributed by atoms with Crippen LogP contribution >= 0.6 is 11.6 Å². The topological polar surface area (TPSA) is 56.7 Å². The van der Waals surface area contributed by atoms with Crippen LogP contribution in [-0.2, 0) is 5.60 Å². The lowest BCUT2D eigenvalue weighted by atomic mass is 9.84. The molecule has 1 fully saturated rings. The number of anilines is 1. The number of carbonyl (C=O) groups excluding carboxylic acids is 1. The zero-order valence-corrected chi connectivity index (χ0v) is 20.0. The summed E-state index contributed by atoms with van der Waals surface area (Å²) in [5.74, 6) is 0.636. The average molecular weight is 474 g/mol. The van der Waals surface area contributed by atoms with E-state index in [0.29, 0.717) is 29.2 Å². The van der Waals surface area contributed by atoms with E-state index in [-0.39, 0.29) is 5.91 Å². The Morgan fingerprint density at radius 1 is 1.00 bits per heavy atom. The number of hydrogen-bond acceptors (Lipinski definition) is 4. The zero-order chi connectivity index (χ0) is 23.7. The van der Waals surface area contributed by atoms with Gasteiger partial charge in [0, 0.05) is 49.0 Å². The number of nitrogens with zero attached hydrogens (tertiary/aromatic N) is 3. The SMILES string of the molecule is CN1C(=O)c2ccccc2C(=CCCN2CCC(O)(c3ccc(Cl)cc3)CC2)c2cccnc21. The van der Waals surface area contributed by atoms with E-state index in [1.165, 1.54) is 0 Å². The Bertz CT molecular complexity index is 1230. The number of amides is 1. The highest BCUT2D eigenvalue weighted by Gasteiger charge is 2.34. The maximum atomic E-state index is 13.1. The average Bonchev–Trinajstić information content (AvgIpc) is 2.95. The molecule has 3 heterocycles. The van der Waals surface area contributed by atoms with Gasteiger partial charge in [-0.15, -0.1) is 0 Å². The Kier molecular flexibility index (Phi) is 6.26. The fourth-order valence-corrected chi connectivity index (χ4v) is 5.13. The third-order valence-corrected chi connectivity index (χ3v) is 7.26. The quantitative estimate of drug-likeness (QED) is 0.570. The van der Waals surface area contributed by atoms with Gasteiger partial charge >= 0.3 is 0 Å². The summed E-state index contributed by atoms with van der Waals surface area (Å²) in [6.07, 6.45) is 6.19. The molecule has 1 saturated heterocycles. The third-order valence-electron chi connectivity index (χ3n) is 7.01. The molecule has 0 bridgehead atoms. The fourth-order valence-electron chi connectivity index (χ4n) is 5.01. The molecule has 2 aliphatic heterocycles. The predicted octanol–water partition coefficient (Wildman–Crippen LogP) is 5.13. The summed E-state index contributed by atoms with van der Waals surface area (Å²) >= 11 is 6.01. The number of hydrogen-bond donors (Lipinski definition) is 1. The summed E-state index contributed by atoms with van der Waals surface area (Å²) in [5, 5.41) is 11.8. The number of fused-ring (bicyclic) bond motifs is 2. The van der Waals surface area contributed by atoms with Gasteiger partial charge in [0.25, 0.3) is 5.91 Å². The summed E-state index contributed by atoms with van der Waals surface area (Å²) in [6.45, 7) is 2.55. The Hall–Kier alpha value is -2.99. The van der Waals surface area contributed by atoms with Gasteiger partial charge in [-0.2, -0.15) is 0 Å². The number of rotatable bonds is 4. The number of aliphatic hydroxyl groups is 1. The first kappa shape index (κ1) is 22.8. The van der Waals surface area contributed by atoms with Crippen molar-refractivity contribution in [2.24, 2.45) is 0 Å². The van der Waals surface area contributed by atoms with E-state index in [9.17, 15) is 9.90 Å². The highest BCUT2D eigenvalue weighted by atomic mass is 35.5. The first-order valence-corrected chi connectivity index (χ1v) is 12.1. The molecule has 0 unspecified atom stereocenters. The highest BCUT2D eigenvalue weighted by molar-refractivity contribution is 6.30. The molecular weight excluding hydrogens is 446 g/mol. The van der Waals surface area contributed by atoms with E-state index >= 15 is 0 Å². The monoisotopic (exact) mass is 473 g/mol.